The molecule has 0 saturated carbocycles. The predicted molar refractivity (Wildman–Crippen MR) is 76.6 cm³/mol. The summed E-state index contributed by atoms with van der Waals surface area (Å²) in [6.45, 7) is 4.12. The summed E-state index contributed by atoms with van der Waals surface area (Å²) in [6.07, 6.45) is 1.49. The number of hydrogen-bond acceptors (Lipinski definition) is 5. The average Bonchev–Trinajstić information content (AvgIpc) is 3.08. The first-order valence-corrected chi connectivity index (χ1v) is 7.12. The Morgan fingerprint density at radius 3 is 2.90 bits per heavy atom. The van der Waals surface area contributed by atoms with Crippen molar-refractivity contribution in [1.82, 2.24) is 20.2 Å². The number of hydrogen-bond donors (Lipinski definition) is 1. The van der Waals surface area contributed by atoms with Crippen molar-refractivity contribution in [3.8, 4) is 27.8 Å². The molecule has 0 aliphatic carbocycles. The molecule has 1 aliphatic rings. The fourth-order valence-electron chi connectivity index (χ4n) is 2.39. The van der Waals surface area contributed by atoms with Gasteiger partial charge in [0.2, 0.25) is 0 Å². The van der Waals surface area contributed by atoms with E-state index in [1.165, 1.54) is 6.33 Å². The van der Waals surface area contributed by atoms with Crippen LogP contribution in [0.15, 0.2) is 30.6 Å². The summed E-state index contributed by atoms with van der Waals surface area (Å²) in [4.78, 5) is 10.0. The molecular formula is C14H12N4OS. The van der Waals surface area contributed by atoms with Crippen LogP contribution in [0.4, 0.5) is 0 Å². The summed E-state index contributed by atoms with van der Waals surface area (Å²) in [5.41, 5.74) is 1.62. The van der Waals surface area contributed by atoms with Gasteiger partial charge in [-0.2, -0.15) is 5.10 Å². The number of benzene rings is 1. The van der Waals surface area contributed by atoms with Crippen LogP contribution in [0.1, 0.15) is 18.7 Å². The minimum atomic E-state index is -0.389. The first-order valence-electron chi connectivity index (χ1n) is 6.30. The van der Waals surface area contributed by atoms with Gasteiger partial charge in [-0.25, -0.2) is 9.97 Å². The molecule has 3 aromatic rings. The van der Waals surface area contributed by atoms with Gasteiger partial charge in [0.15, 0.2) is 10.8 Å². The molecule has 0 radical (unpaired) electrons. The van der Waals surface area contributed by atoms with Crippen molar-refractivity contribution >= 4 is 11.3 Å². The average molecular weight is 284 g/mol. The van der Waals surface area contributed by atoms with E-state index in [9.17, 15) is 0 Å². The molecule has 0 amide bonds. The summed E-state index contributed by atoms with van der Waals surface area (Å²) < 4.78 is 6.10. The maximum Gasteiger partial charge on any atom is 0.184 e. The van der Waals surface area contributed by atoms with Crippen molar-refractivity contribution in [2.24, 2.45) is 0 Å². The molecular weight excluding hydrogens is 272 g/mol. The van der Waals surface area contributed by atoms with E-state index in [0.29, 0.717) is 5.82 Å². The second kappa shape index (κ2) is 3.89. The zero-order valence-corrected chi connectivity index (χ0v) is 11.9. The van der Waals surface area contributed by atoms with Gasteiger partial charge in [0.25, 0.3) is 0 Å². The summed E-state index contributed by atoms with van der Waals surface area (Å²) in [5, 5.41) is 7.58. The Bertz CT molecular complexity index is 776. The highest BCUT2D eigenvalue weighted by molar-refractivity contribution is 7.15. The molecule has 0 fully saturated rings. The molecule has 0 atom stereocenters. The Labute approximate surface area is 119 Å². The third kappa shape index (κ3) is 1.58. The summed E-state index contributed by atoms with van der Waals surface area (Å²) in [6, 6.07) is 7.99. The number of thiazole rings is 1. The lowest BCUT2D eigenvalue weighted by molar-refractivity contribution is 0.109. The molecule has 1 aromatic carbocycles. The molecule has 1 aliphatic heterocycles. The molecule has 100 valence electrons. The summed E-state index contributed by atoms with van der Waals surface area (Å²) in [5.74, 6) is 1.57. The third-order valence-electron chi connectivity index (χ3n) is 3.30. The van der Waals surface area contributed by atoms with E-state index < -0.39 is 0 Å². The lowest BCUT2D eigenvalue weighted by Crippen LogP contribution is -2.27. The number of H-pyrrole nitrogens is 1. The molecule has 20 heavy (non-hydrogen) atoms. The fourth-order valence-corrected chi connectivity index (χ4v) is 3.46. The van der Waals surface area contributed by atoms with Crippen LogP contribution in [0.3, 0.4) is 0 Å². The summed E-state index contributed by atoms with van der Waals surface area (Å²) >= 11 is 1.59. The van der Waals surface area contributed by atoms with Crippen LogP contribution in [0, 0.1) is 0 Å². The SMILES string of the molecule is CC1(C)Oc2ccccc2-c2nc(-c3ncn[nH]3)sc21. The number of fused-ring (bicyclic) bond motifs is 3. The van der Waals surface area contributed by atoms with Gasteiger partial charge in [-0.05, 0) is 26.0 Å². The van der Waals surface area contributed by atoms with Gasteiger partial charge in [0, 0.05) is 5.56 Å². The topological polar surface area (TPSA) is 63.7 Å². The van der Waals surface area contributed by atoms with E-state index in [4.69, 9.17) is 9.72 Å². The highest BCUT2D eigenvalue weighted by atomic mass is 32.1. The second-order valence-electron chi connectivity index (χ2n) is 5.14. The molecule has 1 N–H and O–H groups in total. The number of aromatic nitrogens is 4. The Morgan fingerprint density at radius 1 is 1.25 bits per heavy atom. The number of aromatic amines is 1. The maximum atomic E-state index is 6.10. The molecule has 3 heterocycles. The van der Waals surface area contributed by atoms with Crippen molar-refractivity contribution in [3.05, 3.63) is 35.5 Å². The molecule has 2 aromatic heterocycles. The van der Waals surface area contributed by atoms with Gasteiger partial charge in [-0.15, -0.1) is 11.3 Å². The number of nitrogens with one attached hydrogen (secondary N) is 1. The van der Waals surface area contributed by atoms with Crippen molar-refractivity contribution in [2.45, 2.75) is 19.4 Å². The van der Waals surface area contributed by atoms with Crippen molar-refractivity contribution in [2.75, 3.05) is 0 Å². The smallest absolute Gasteiger partial charge is 0.184 e. The van der Waals surface area contributed by atoms with Crippen LogP contribution in [0.5, 0.6) is 5.75 Å². The standard InChI is InChI=1S/C14H12N4OS/c1-14(2)11-10(8-5-3-4-6-9(8)19-14)17-13(20-11)12-15-7-16-18-12/h3-7H,1-2H3,(H,15,16,18). The lowest BCUT2D eigenvalue weighted by Gasteiger charge is -2.31. The van der Waals surface area contributed by atoms with Gasteiger partial charge < -0.3 is 4.74 Å². The van der Waals surface area contributed by atoms with Gasteiger partial charge in [0.05, 0.1) is 10.6 Å². The largest absolute Gasteiger partial charge is 0.482 e. The zero-order chi connectivity index (χ0) is 13.7. The van der Waals surface area contributed by atoms with Crippen molar-refractivity contribution in [1.29, 1.82) is 0 Å². The van der Waals surface area contributed by atoms with Crippen LogP contribution in [0.25, 0.3) is 22.1 Å². The Morgan fingerprint density at radius 2 is 2.10 bits per heavy atom. The number of nitrogens with zero attached hydrogens (tertiary/aromatic N) is 3. The molecule has 6 heteroatoms. The van der Waals surface area contributed by atoms with Crippen LogP contribution < -0.4 is 4.74 Å². The normalized spacial score (nSPS) is 15.3. The number of ether oxygens (including phenoxy) is 1. The van der Waals surface area contributed by atoms with Crippen molar-refractivity contribution < 1.29 is 4.74 Å². The van der Waals surface area contributed by atoms with E-state index in [1.54, 1.807) is 11.3 Å². The predicted octanol–water partition coefficient (Wildman–Crippen LogP) is 3.22. The van der Waals surface area contributed by atoms with Gasteiger partial charge in [-0.1, -0.05) is 12.1 Å². The van der Waals surface area contributed by atoms with E-state index in [-0.39, 0.29) is 5.60 Å². The Kier molecular flexibility index (Phi) is 2.26. The molecule has 0 bridgehead atoms. The summed E-state index contributed by atoms with van der Waals surface area (Å²) in [7, 11) is 0. The van der Waals surface area contributed by atoms with E-state index in [1.807, 2.05) is 24.3 Å². The third-order valence-corrected chi connectivity index (χ3v) is 4.67. The van der Waals surface area contributed by atoms with Crippen LogP contribution in [-0.4, -0.2) is 20.2 Å². The first kappa shape index (κ1) is 11.6. The minimum absolute atomic E-state index is 0.389. The molecule has 0 unspecified atom stereocenters. The highest BCUT2D eigenvalue weighted by Crippen LogP contribution is 2.48. The van der Waals surface area contributed by atoms with Gasteiger partial charge in [-0.3, -0.25) is 5.10 Å². The molecule has 4 rings (SSSR count). The quantitative estimate of drug-likeness (QED) is 0.745. The zero-order valence-electron chi connectivity index (χ0n) is 11.0. The monoisotopic (exact) mass is 284 g/mol. The first-order chi connectivity index (χ1) is 9.65. The number of para-hydroxylation sites is 1. The maximum absolute atomic E-state index is 6.10. The molecule has 0 spiro atoms. The number of rotatable bonds is 1. The molecule has 5 nitrogen and oxygen atoms in total. The van der Waals surface area contributed by atoms with Crippen molar-refractivity contribution in [3.63, 3.8) is 0 Å². The Balaban J connectivity index is 1.97. The highest BCUT2D eigenvalue weighted by Gasteiger charge is 2.36. The second-order valence-corrected chi connectivity index (χ2v) is 6.14. The van der Waals surface area contributed by atoms with Gasteiger partial charge >= 0.3 is 0 Å². The minimum Gasteiger partial charge on any atom is -0.482 e. The van der Waals surface area contributed by atoms with Crippen LogP contribution in [0.2, 0.25) is 0 Å². The van der Waals surface area contributed by atoms with Gasteiger partial charge in [0.1, 0.15) is 17.7 Å². The van der Waals surface area contributed by atoms with Crippen LogP contribution in [-0.2, 0) is 5.60 Å². The molecule has 0 saturated heterocycles. The Hall–Kier alpha value is -2.21. The van der Waals surface area contributed by atoms with E-state index >= 15 is 0 Å². The van der Waals surface area contributed by atoms with E-state index in [0.717, 1.165) is 26.9 Å². The van der Waals surface area contributed by atoms with E-state index in [2.05, 4.69) is 29.0 Å². The fraction of sp³-hybridized carbons (Fsp3) is 0.214. The van der Waals surface area contributed by atoms with Crippen LogP contribution >= 0.6 is 11.3 Å². The lowest BCUT2D eigenvalue weighted by atomic mass is 9.97.